The number of urea groups is 1. The van der Waals surface area contributed by atoms with E-state index in [1.165, 1.54) is 7.11 Å². The van der Waals surface area contributed by atoms with Crippen molar-refractivity contribution in [1.29, 1.82) is 0 Å². The van der Waals surface area contributed by atoms with Gasteiger partial charge in [-0.15, -0.1) is 0 Å². The fraction of sp³-hybridized carbons (Fsp3) is 0.300. The third-order valence-electron chi connectivity index (χ3n) is 4.80. The fourth-order valence-electron chi connectivity index (χ4n) is 3.37. The molecule has 8 heteroatoms. The number of hydrogen-bond acceptors (Lipinski definition) is 5. The molecule has 2 heterocycles. The predicted molar refractivity (Wildman–Crippen MR) is 100 cm³/mol. The van der Waals surface area contributed by atoms with E-state index in [2.05, 4.69) is 10.3 Å². The molecule has 0 saturated carbocycles. The fourth-order valence-corrected chi connectivity index (χ4v) is 3.37. The summed E-state index contributed by atoms with van der Waals surface area (Å²) in [5, 5.41) is 2.62. The van der Waals surface area contributed by atoms with Crippen molar-refractivity contribution >= 4 is 23.7 Å². The number of nitrogens with zero attached hydrogens (tertiary/aromatic N) is 1. The van der Waals surface area contributed by atoms with Gasteiger partial charge in [-0.2, -0.15) is 0 Å². The van der Waals surface area contributed by atoms with Crippen LogP contribution in [0.15, 0.2) is 30.3 Å². The number of nitrogens with one attached hydrogen (secondary N) is 2. The summed E-state index contributed by atoms with van der Waals surface area (Å²) >= 11 is 0. The lowest BCUT2D eigenvalue weighted by Crippen LogP contribution is -2.36. The number of hydrogen-bond donors (Lipinski definition) is 2. The molecule has 8 nitrogen and oxygen atoms in total. The third-order valence-corrected chi connectivity index (χ3v) is 4.80. The summed E-state index contributed by atoms with van der Waals surface area (Å²) < 4.78 is 4.73. The monoisotopic (exact) mass is 383 g/mol. The van der Waals surface area contributed by atoms with Crippen LogP contribution in [0.1, 0.15) is 37.7 Å². The first-order valence-corrected chi connectivity index (χ1v) is 8.80. The van der Waals surface area contributed by atoms with Crippen LogP contribution >= 0.6 is 0 Å². The van der Waals surface area contributed by atoms with Crippen LogP contribution in [0.3, 0.4) is 0 Å². The second-order valence-electron chi connectivity index (χ2n) is 6.66. The number of benzene rings is 1. The van der Waals surface area contributed by atoms with Gasteiger partial charge in [0.15, 0.2) is 5.78 Å². The number of esters is 1. The van der Waals surface area contributed by atoms with Crippen LogP contribution in [0.2, 0.25) is 0 Å². The molecule has 0 bridgehead atoms. The Bertz CT molecular complexity index is 948. The molecular formula is C20H21N3O5. The SMILES string of the molecule is COC(=O)c1c(C)[nH]c(C(=O)CN2C(=O)N[C@@H](Cc3ccccc3)C2=O)c1C. The molecule has 2 N–H and O–H groups in total. The van der Waals surface area contributed by atoms with Crippen LogP contribution in [0, 0.1) is 13.8 Å². The third kappa shape index (κ3) is 3.53. The average molecular weight is 383 g/mol. The molecule has 2 aromatic rings. The van der Waals surface area contributed by atoms with Gasteiger partial charge in [-0.1, -0.05) is 30.3 Å². The van der Waals surface area contributed by atoms with Gasteiger partial charge in [0.2, 0.25) is 0 Å². The van der Waals surface area contributed by atoms with Gasteiger partial charge < -0.3 is 15.0 Å². The van der Waals surface area contributed by atoms with E-state index >= 15 is 0 Å². The zero-order valence-corrected chi connectivity index (χ0v) is 15.9. The average Bonchev–Trinajstić information content (AvgIpc) is 3.12. The molecule has 0 aliphatic carbocycles. The summed E-state index contributed by atoms with van der Waals surface area (Å²) in [5.41, 5.74) is 2.30. The predicted octanol–water partition coefficient (Wildman–Crippen LogP) is 1.76. The molecule has 1 aliphatic rings. The van der Waals surface area contributed by atoms with Crippen LogP contribution < -0.4 is 5.32 Å². The first-order valence-electron chi connectivity index (χ1n) is 8.80. The largest absolute Gasteiger partial charge is 0.465 e. The summed E-state index contributed by atoms with van der Waals surface area (Å²) in [6.07, 6.45) is 0.350. The van der Waals surface area contributed by atoms with Crippen LogP contribution in [0.25, 0.3) is 0 Å². The minimum Gasteiger partial charge on any atom is -0.465 e. The lowest BCUT2D eigenvalue weighted by Gasteiger charge is -2.12. The number of H-pyrrole nitrogens is 1. The van der Waals surface area contributed by atoms with E-state index in [0.29, 0.717) is 17.7 Å². The van der Waals surface area contributed by atoms with E-state index in [1.54, 1.807) is 13.8 Å². The zero-order valence-electron chi connectivity index (χ0n) is 15.9. The number of ether oxygens (including phenoxy) is 1. The maximum atomic E-state index is 12.7. The highest BCUT2D eigenvalue weighted by atomic mass is 16.5. The van der Waals surface area contributed by atoms with E-state index in [0.717, 1.165) is 10.5 Å². The van der Waals surface area contributed by atoms with Crippen molar-refractivity contribution in [2.45, 2.75) is 26.3 Å². The molecule has 1 saturated heterocycles. The maximum absolute atomic E-state index is 12.7. The van der Waals surface area contributed by atoms with Crippen LogP contribution in [-0.4, -0.2) is 53.3 Å². The topological polar surface area (TPSA) is 109 Å². The van der Waals surface area contributed by atoms with Crippen LogP contribution in [0.4, 0.5) is 4.79 Å². The second kappa shape index (κ2) is 7.67. The van der Waals surface area contributed by atoms with Gasteiger partial charge in [0.05, 0.1) is 24.9 Å². The molecule has 1 aromatic heterocycles. The van der Waals surface area contributed by atoms with Crippen molar-refractivity contribution in [3.63, 3.8) is 0 Å². The summed E-state index contributed by atoms with van der Waals surface area (Å²) in [4.78, 5) is 53.2. The van der Waals surface area contributed by atoms with E-state index in [1.807, 2.05) is 30.3 Å². The van der Waals surface area contributed by atoms with Gasteiger partial charge in [0, 0.05) is 12.1 Å². The Morgan fingerprint density at radius 1 is 1.14 bits per heavy atom. The highest BCUT2D eigenvalue weighted by Gasteiger charge is 2.39. The van der Waals surface area contributed by atoms with E-state index in [4.69, 9.17) is 4.74 Å². The Labute approximate surface area is 161 Å². The number of ketones is 1. The molecule has 1 aliphatic heterocycles. The lowest BCUT2D eigenvalue weighted by molar-refractivity contribution is -0.127. The molecular weight excluding hydrogens is 362 g/mol. The van der Waals surface area contributed by atoms with E-state index < -0.39 is 36.3 Å². The van der Waals surface area contributed by atoms with Gasteiger partial charge in [-0.25, -0.2) is 9.59 Å². The maximum Gasteiger partial charge on any atom is 0.339 e. The van der Waals surface area contributed by atoms with Gasteiger partial charge in [-0.3, -0.25) is 14.5 Å². The number of imide groups is 1. The number of carbonyl (C=O) groups is 4. The molecule has 146 valence electrons. The molecule has 3 rings (SSSR count). The highest BCUT2D eigenvalue weighted by molar-refractivity contribution is 6.10. The minimum absolute atomic E-state index is 0.185. The Morgan fingerprint density at radius 3 is 2.46 bits per heavy atom. The van der Waals surface area contributed by atoms with Crippen molar-refractivity contribution in [2.75, 3.05) is 13.7 Å². The van der Waals surface area contributed by atoms with Crippen LogP contribution in [0.5, 0.6) is 0 Å². The van der Waals surface area contributed by atoms with Crippen LogP contribution in [-0.2, 0) is 16.0 Å². The minimum atomic E-state index is -0.709. The van der Waals surface area contributed by atoms with Crippen molar-refractivity contribution in [3.05, 3.63) is 58.4 Å². The quantitative estimate of drug-likeness (QED) is 0.449. The molecule has 1 atom stereocenters. The Hall–Kier alpha value is -3.42. The first kappa shape index (κ1) is 19.3. The Kier molecular flexibility index (Phi) is 5.30. The van der Waals surface area contributed by atoms with Crippen molar-refractivity contribution in [1.82, 2.24) is 15.2 Å². The Balaban J connectivity index is 1.75. The van der Waals surface area contributed by atoms with Gasteiger partial charge in [0.1, 0.15) is 6.04 Å². The standard InChI is InChI=1S/C20H21N3O5/c1-11-16(19(26)28-3)12(2)21-17(11)15(24)10-23-18(25)14(22-20(23)27)9-13-7-5-4-6-8-13/h4-8,14,21H,9-10H2,1-3H3,(H,22,27)/t14-/m0/s1. The summed E-state index contributed by atoms with van der Waals surface area (Å²) in [7, 11) is 1.26. The lowest BCUT2D eigenvalue weighted by atomic mass is 10.1. The number of rotatable bonds is 6. The zero-order chi connectivity index (χ0) is 20.4. The van der Waals surface area contributed by atoms with Crippen molar-refractivity contribution < 1.29 is 23.9 Å². The highest BCUT2D eigenvalue weighted by Crippen LogP contribution is 2.20. The van der Waals surface area contributed by atoms with Crippen molar-refractivity contribution in [3.8, 4) is 0 Å². The number of Topliss-reactive ketones (excluding diaryl/α,β-unsaturated/α-hetero) is 1. The number of amides is 3. The normalized spacial score (nSPS) is 16.2. The van der Waals surface area contributed by atoms with Gasteiger partial charge >= 0.3 is 12.0 Å². The Morgan fingerprint density at radius 2 is 1.82 bits per heavy atom. The van der Waals surface area contributed by atoms with Crippen molar-refractivity contribution in [2.24, 2.45) is 0 Å². The molecule has 1 fully saturated rings. The molecule has 0 unspecified atom stereocenters. The number of aromatic amines is 1. The number of carbonyl (C=O) groups excluding carboxylic acids is 4. The summed E-state index contributed by atoms with van der Waals surface area (Å²) in [6.45, 7) is 2.87. The molecule has 0 spiro atoms. The summed E-state index contributed by atoms with van der Waals surface area (Å²) in [6, 6.07) is 8.00. The number of methoxy groups -OCH3 is 1. The molecule has 28 heavy (non-hydrogen) atoms. The number of aryl methyl sites for hydroxylation is 1. The van der Waals surface area contributed by atoms with Gasteiger partial charge in [0.25, 0.3) is 5.91 Å². The smallest absolute Gasteiger partial charge is 0.339 e. The first-order chi connectivity index (χ1) is 13.3. The van der Waals surface area contributed by atoms with E-state index in [-0.39, 0.29) is 11.3 Å². The van der Waals surface area contributed by atoms with Gasteiger partial charge in [-0.05, 0) is 25.0 Å². The molecule has 0 radical (unpaired) electrons. The number of aromatic nitrogens is 1. The molecule has 1 aromatic carbocycles. The summed E-state index contributed by atoms with van der Waals surface area (Å²) in [5.74, 6) is -1.46. The van der Waals surface area contributed by atoms with E-state index in [9.17, 15) is 19.2 Å². The second-order valence-corrected chi connectivity index (χ2v) is 6.66. The molecule has 3 amide bonds.